The van der Waals surface area contributed by atoms with E-state index in [1.54, 1.807) is 6.07 Å². The van der Waals surface area contributed by atoms with Crippen LogP contribution in [0.2, 0.25) is 0 Å². The normalized spacial score (nSPS) is 10.3. The van der Waals surface area contributed by atoms with Gasteiger partial charge in [-0.25, -0.2) is 8.78 Å². The summed E-state index contributed by atoms with van der Waals surface area (Å²) in [5.41, 5.74) is 0.680. The molecule has 0 aliphatic carbocycles. The highest BCUT2D eigenvalue weighted by Gasteiger charge is 2.09. The van der Waals surface area contributed by atoms with Crippen LogP contribution >= 0.6 is 15.9 Å². The third-order valence-electron chi connectivity index (χ3n) is 2.57. The van der Waals surface area contributed by atoms with Crippen molar-refractivity contribution in [2.45, 2.75) is 6.54 Å². The lowest BCUT2D eigenvalue weighted by Crippen LogP contribution is -2.02. The Morgan fingerprint density at radius 2 is 1.95 bits per heavy atom. The summed E-state index contributed by atoms with van der Waals surface area (Å²) in [6, 6.07) is 7.63. The molecule has 1 N–H and O–H groups in total. The van der Waals surface area contributed by atoms with Gasteiger partial charge in [0, 0.05) is 29.2 Å². The molecule has 0 aromatic heterocycles. The molecule has 0 atom stereocenters. The number of halogens is 3. The zero-order valence-corrected chi connectivity index (χ0v) is 11.7. The van der Waals surface area contributed by atoms with Crippen LogP contribution in [0.25, 0.3) is 0 Å². The van der Waals surface area contributed by atoms with Gasteiger partial charge in [0.15, 0.2) is 0 Å². The molecule has 0 saturated heterocycles. The van der Waals surface area contributed by atoms with E-state index in [0.717, 1.165) is 12.1 Å². The first-order valence-electron chi connectivity index (χ1n) is 5.58. The molecule has 0 fully saturated rings. The lowest BCUT2D eigenvalue weighted by Gasteiger charge is -2.08. The van der Waals surface area contributed by atoms with Crippen LogP contribution in [-0.2, 0) is 6.54 Å². The van der Waals surface area contributed by atoms with Gasteiger partial charge in [0.1, 0.15) is 11.6 Å². The molecular formula is C13H9BrF2N2O2. The summed E-state index contributed by atoms with van der Waals surface area (Å²) < 4.78 is 26.7. The van der Waals surface area contributed by atoms with Gasteiger partial charge in [-0.2, -0.15) is 0 Å². The average Bonchev–Trinajstić information content (AvgIpc) is 2.37. The van der Waals surface area contributed by atoms with Crippen LogP contribution in [0.15, 0.2) is 40.9 Å². The van der Waals surface area contributed by atoms with E-state index >= 15 is 0 Å². The highest BCUT2D eigenvalue weighted by Crippen LogP contribution is 2.23. The fourth-order valence-corrected chi connectivity index (χ4v) is 2.20. The SMILES string of the molecule is O=[N+]([O-])c1cc(Br)cc(CNc2ccc(F)cc2F)c1. The van der Waals surface area contributed by atoms with E-state index in [9.17, 15) is 18.9 Å². The Morgan fingerprint density at radius 3 is 2.60 bits per heavy atom. The summed E-state index contributed by atoms with van der Waals surface area (Å²) in [5, 5.41) is 13.5. The van der Waals surface area contributed by atoms with E-state index < -0.39 is 16.6 Å². The van der Waals surface area contributed by atoms with E-state index in [-0.39, 0.29) is 17.9 Å². The molecule has 0 unspecified atom stereocenters. The predicted molar refractivity (Wildman–Crippen MR) is 74.5 cm³/mol. The van der Waals surface area contributed by atoms with Gasteiger partial charge in [-0.1, -0.05) is 15.9 Å². The summed E-state index contributed by atoms with van der Waals surface area (Å²) in [7, 11) is 0. The van der Waals surface area contributed by atoms with Crippen LogP contribution in [0, 0.1) is 21.7 Å². The summed E-state index contributed by atoms with van der Waals surface area (Å²) in [5.74, 6) is -1.37. The fraction of sp³-hybridized carbons (Fsp3) is 0.0769. The quantitative estimate of drug-likeness (QED) is 0.667. The van der Waals surface area contributed by atoms with Gasteiger partial charge in [-0.05, 0) is 23.8 Å². The van der Waals surface area contributed by atoms with Crippen molar-refractivity contribution in [3.63, 3.8) is 0 Å². The summed E-state index contributed by atoms with van der Waals surface area (Å²) in [6.45, 7) is 0.183. The minimum Gasteiger partial charge on any atom is -0.379 e. The zero-order chi connectivity index (χ0) is 14.7. The maximum absolute atomic E-state index is 13.4. The van der Waals surface area contributed by atoms with Gasteiger partial charge in [0.25, 0.3) is 5.69 Å². The molecule has 20 heavy (non-hydrogen) atoms. The van der Waals surface area contributed by atoms with Crippen molar-refractivity contribution in [2.75, 3.05) is 5.32 Å². The molecule has 0 amide bonds. The third kappa shape index (κ3) is 3.51. The number of hydrogen-bond acceptors (Lipinski definition) is 3. The first-order valence-corrected chi connectivity index (χ1v) is 6.38. The number of hydrogen-bond donors (Lipinski definition) is 1. The maximum atomic E-state index is 13.4. The number of nitro groups is 1. The van der Waals surface area contributed by atoms with Gasteiger partial charge >= 0.3 is 0 Å². The molecule has 4 nitrogen and oxygen atoms in total. The molecule has 0 heterocycles. The standard InChI is InChI=1S/C13H9BrF2N2O2/c14-9-3-8(4-11(5-9)18(19)20)7-17-13-2-1-10(15)6-12(13)16/h1-6,17H,7H2. The van der Waals surface area contributed by atoms with Crippen molar-refractivity contribution in [1.82, 2.24) is 0 Å². The van der Waals surface area contributed by atoms with E-state index in [4.69, 9.17) is 0 Å². The van der Waals surface area contributed by atoms with Crippen molar-refractivity contribution >= 4 is 27.3 Å². The van der Waals surface area contributed by atoms with Crippen LogP contribution in [0.1, 0.15) is 5.56 Å². The Labute approximate surface area is 121 Å². The van der Waals surface area contributed by atoms with Gasteiger partial charge in [-0.15, -0.1) is 0 Å². The molecule has 0 spiro atoms. The number of nitrogens with zero attached hydrogens (tertiary/aromatic N) is 1. The van der Waals surface area contributed by atoms with Crippen LogP contribution in [0.3, 0.4) is 0 Å². The smallest absolute Gasteiger partial charge is 0.270 e. The van der Waals surface area contributed by atoms with E-state index in [2.05, 4.69) is 21.2 Å². The minimum atomic E-state index is -0.713. The molecule has 2 rings (SSSR count). The molecule has 2 aromatic rings. The minimum absolute atomic E-state index is 0.0595. The average molecular weight is 343 g/mol. The van der Waals surface area contributed by atoms with Gasteiger partial charge in [0.2, 0.25) is 0 Å². The number of benzene rings is 2. The molecular weight excluding hydrogens is 334 g/mol. The first-order chi connectivity index (χ1) is 9.45. The first kappa shape index (κ1) is 14.4. The largest absolute Gasteiger partial charge is 0.379 e. The molecule has 0 bridgehead atoms. The van der Waals surface area contributed by atoms with Gasteiger partial charge in [0.05, 0.1) is 10.6 Å². The molecule has 7 heteroatoms. The number of non-ortho nitro benzene ring substituents is 1. The molecule has 0 radical (unpaired) electrons. The second-order valence-corrected chi connectivity index (χ2v) is 4.97. The van der Waals surface area contributed by atoms with Crippen molar-refractivity contribution in [3.05, 3.63) is 68.2 Å². The number of nitrogens with one attached hydrogen (secondary N) is 1. The zero-order valence-electron chi connectivity index (χ0n) is 10.1. The summed E-state index contributed by atoms with van der Waals surface area (Å²) in [4.78, 5) is 10.2. The van der Waals surface area contributed by atoms with Crippen LogP contribution < -0.4 is 5.32 Å². The Bertz CT molecular complexity index is 665. The van der Waals surface area contributed by atoms with Gasteiger partial charge < -0.3 is 5.32 Å². The highest BCUT2D eigenvalue weighted by atomic mass is 79.9. The Hall–Kier alpha value is -2.02. The van der Waals surface area contributed by atoms with Crippen LogP contribution in [0.4, 0.5) is 20.2 Å². The summed E-state index contributed by atoms with van der Waals surface area (Å²) in [6.07, 6.45) is 0. The molecule has 104 valence electrons. The molecule has 2 aromatic carbocycles. The van der Waals surface area contributed by atoms with E-state index in [0.29, 0.717) is 10.0 Å². The van der Waals surface area contributed by atoms with Crippen molar-refractivity contribution in [2.24, 2.45) is 0 Å². The molecule has 0 aliphatic heterocycles. The fourth-order valence-electron chi connectivity index (χ4n) is 1.67. The molecule has 0 saturated carbocycles. The predicted octanol–water partition coefficient (Wildman–Crippen LogP) is 4.25. The number of nitro benzene ring substituents is 1. The Morgan fingerprint density at radius 1 is 1.20 bits per heavy atom. The van der Waals surface area contributed by atoms with Crippen molar-refractivity contribution in [1.29, 1.82) is 0 Å². The van der Waals surface area contributed by atoms with E-state index in [1.807, 2.05) is 0 Å². The number of anilines is 1. The second-order valence-electron chi connectivity index (χ2n) is 4.05. The third-order valence-corrected chi connectivity index (χ3v) is 3.03. The van der Waals surface area contributed by atoms with Gasteiger partial charge in [-0.3, -0.25) is 10.1 Å². The molecule has 0 aliphatic rings. The monoisotopic (exact) mass is 342 g/mol. The second kappa shape index (κ2) is 5.96. The Balaban J connectivity index is 2.16. The highest BCUT2D eigenvalue weighted by molar-refractivity contribution is 9.10. The Kier molecular flexibility index (Phi) is 4.29. The van der Waals surface area contributed by atoms with Crippen molar-refractivity contribution in [3.8, 4) is 0 Å². The lowest BCUT2D eigenvalue weighted by atomic mass is 10.2. The summed E-state index contributed by atoms with van der Waals surface area (Å²) >= 11 is 3.18. The van der Waals surface area contributed by atoms with Crippen molar-refractivity contribution < 1.29 is 13.7 Å². The maximum Gasteiger partial charge on any atom is 0.270 e. The number of rotatable bonds is 4. The topological polar surface area (TPSA) is 55.2 Å². The van der Waals surface area contributed by atoms with Crippen LogP contribution in [0.5, 0.6) is 0 Å². The lowest BCUT2D eigenvalue weighted by molar-refractivity contribution is -0.385. The van der Waals surface area contributed by atoms with E-state index in [1.165, 1.54) is 18.2 Å². The van der Waals surface area contributed by atoms with Crippen LogP contribution in [-0.4, -0.2) is 4.92 Å².